The third-order valence-electron chi connectivity index (χ3n) is 0. The van der Waals surface area contributed by atoms with Gasteiger partial charge in [-0.2, -0.15) is 7.82 Å². The minimum absolute atomic E-state index is 0. The summed E-state index contributed by atoms with van der Waals surface area (Å²) in [7, 11) is -4.39. The van der Waals surface area contributed by atoms with Gasteiger partial charge in [0.1, 0.15) is 0 Å². The average Bonchev–Trinajstić information content (AvgIpc) is 1.36. The van der Waals surface area contributed by atoms with Crippen molar-refractivity contribution in [2.45, 2.75) is 0 Å². The second-order valence-electron chi connectivity index (χ2n) is 0.447. The third-order valence-corrected chi connectivity index (χ3v) is 0. The smallest absolute Gasteiger partial charge is 0.822 e. The summed E-state index contributed by atoms with van der Waals surface area (Å²) in [4.78, 5) is 25.6. The molecule has 0 bridgehead atoms. The van der Waals surface area contributed by atoms with Crippen LogP contribution in [0.4, 0.5) is 0 Å². The predicted molar refractivity (Wildman–Crippen MR) is 15.7 cm³/mol. The monoisotopic (exact) mass is 244 g/mol. The molecule has 0 aliphatic rings. The summed E-state index contributed by atoms with van der Waals surface area (Å²) in [5, 5.41) is 7.00. The molecule has 0 rings (SSSR count). The van der Waals surface area contributed by atoms with Gasteiger partial charge < -0.3 is 24.4 Å². The molecule has 0 aliphatic carbocycles. The molecule has 0 saturated carbocycles. The van der Waals surface area contributed by atoms with E-state index in [4.69, 9.17) is 24.4 Å². The van der Waals surface area contributed by atoms with E-state index >= 15 is 0 Å². The van der Waals surface area contributed by atoms with Gasteiger partial charge in [0.15, 0.2) is 0 Å². The number of hydrogen-bond donors (Lipinski definition) is 1. The molecule has 0 radical (unpaired) electrons. The van der Waals surface area contributed by atoms with E-state index in [9.17, 15) is 0 Å². The van der Waals surface area contributed by atoms with Crippen molar-refractivity contribution < 1.29 is 179 Å². The number of aliphatic hydroxyl groups is 1. The Balaban J connectivity index is -0.0000000154. The fourth-order valence-electron chi connectivity index (χ4n) is 0. The molecule has 0 fully saturated rings. The van der Waals surface area contributed by atoms with Crippen LogP contribution in [0.15, 0.2) is 0 Å². The van der Waals surface area contributed by atoms with Crippen LogP contribution in [-0.4, -0.2) is 12.2 Å². The number of hydrogen-bond acceptors (Lipinski definition) is 5. The van der Waals surface area contributed by atoms with Crippen LogP contribution < -0.4 is 169 Å². The Labute approximate surface area is 187 Å². The summed E-state index contributed by atoms with van der Waals surface area (Å²) in [6, 6.07) is 0. The first-order valence-electron chi connectivity index (χ1n) is 1.18. The van der Waals surface area contributed by atoms with Gasteiger partial charge in [-0.1, -0.05) is 0 Å². The second kappa shape index (κ2) is 19.5. The van der Waals surface area contributed by atoms with E-state index in [0.29, 0.717) is 0 Å². The Bertz CT molecular complexity index is 63.0. The Kier molecular flexibility index (Phi) is 57.4. The zero-order chi connectivity index (χ0) is 6.50. The molecule has 0 amide bonds. The normalized spacial score (nSPS) is 6.50. The van der Waals surface area contributed by atoms with Crippen molar-refractivity contribution in [1.82, 2.24) is 0 Å². The van der Waals surface area contributed by atoms with E-state index in [2.05, 4.69) is 0 Å². The molecule has 0 atom stereocenters. The third kappa shape index (κ3) is 75.1. The van der Waals surface area contributed by atoms with Crippen molar-refractivity contribution in [3.8, 4) is 0 Å². The fraction of sp³-hybridized carbons (Fsp3) is 1.00. The summed E-state index contributed by atoms with van der Waals surface area (Å²) in [5.74, 6) is 0. The standard InChI is InChI=1S/CH4O.3K.H3O4P/c1-2;;;;1-5(2,3)4/h2H,1H3;;;;(H3,1,2,3,4)/q;3*+1;/p-3. The summed E-state index contributed by atoms with van der Waals surface area (Å²) in [6.07, 6.45) is 0. The van der Waals surface area contributed by atoms with Crippen LogP contribution in [0.5, 0.6) is 0 Å². The molecule has 0 spiro atoms. The van der Waals surface area contributed by atoms with E-state index in [1.54, 1.807) is 0 Å². The van der Waals surface area contributed by atoms with Gasteiger partial charge in [0.05, 0.1) is 0 Å². The Morgan fingerprint density at radius 1 is 1.00 bits per heavy atom. The van der Waals surface area contributed by atoms with Crippen LogP contribution in [0.1, 0.15) is 0 Å². The van der Waals surface area contributed by atoms with E-state index in [0.717, 1.165) is 7.11 Å². The van der Waals surface area contributed by atoms with Crippen LogP contribution in [0.2, 0.25) is 0 Å². The Morgan fingerprint density at radius 2 is 1.00 bits per heavy atom. The average molecular weight is 244 g/mol. The molecule has 0 saturated heterocycles. The largest absolute Gasteiger partial charge is 1.00 e. The van der Waals surface area contributed by atoms with Gasteiger partial charge in [-0.15, -0.1) is 0 Å². The predicted octanol–water partition coefficient (Wildman–Crippen LogP) is -12.2. The summed E-state index contributed by atoms with van der Waals surface area (Å²) >= 11 is 0. The number of rotatable bonds is 0. The van der Waals surface area contributed by atoms with Crippen molar-refractivity contribution in [2.24, 2.45) is 0 Å². The Morgan fingerprint density at radius 3 is 1.00 bits per heavy atom. The van der Waals surface area contributed by atoms with Gasteiger partial charge in [-0.3, -0.25) is 0 Å². The van der Waals surface area contributed by atoms with Crippen LogP contribution >= 0.6 is 7.82 Å². The molecule has 0 aliphatic heterocycles. The van der Waals surface area contributed by atoms with Crippen molar-refractivity contribution in [2.75, 3.05) is 7.11 Å². The number of aliphatic hydroxyl groups excluding tert-OH is 1. The SMILES string of the molecule is CO.O=P([O-])([O-])[O-].[K+].[K+].[K+]. The molecule has 0 heterocycles. The molecule has 1 N–H and O–H groups in total. The fourth-order valence-corrected chi connectivity index (χ4v) is 0. The molecule has 46 valence electrons. The number of phosphoric acid groups is 1. The molecular weight excluding hydrogens is 240 g/mol. The van der Waals surface area contributed by atoms with Crippen LogP contribution in [0, 0.1) is 0 Å². The van der Waals surface area contributed by atoms with Gasteiger partial charge in [0.25, 0.3) is 0 Å². The van der Waals surface area contributed by atoms with Crippen molar-refractivity contribution in [1.29, 1.82) is 0 Å². The summed E-state index contributed by atoms with van der Waals surface area (Å²) < 4.78 is 8.55. The molecule has 9 heteroatoms. The zero-order valence-corrected chi connectivity index (χ0v) is 16.8. The summed E-state index contributed by atoms with van der Waals surface area (Å²) in [5.41, 5.74) is 0. The first-order chi connectivity index (χ1) is 3.00. The van der Waals surface area contributed by atoms with Gasteiger partial charge in [-0.05, 0) is 0 Å². The molecule has 0 aromatic carbocycles. The van der Waals surface area contributed by atoms with Crippen molar-refractivity contribution in [3.63, 3.8) is 0 Å². The van der Waals surface area contributed by atoms with E-state index in [1.165, 1.54) is 0 Å². The molecular formula is CH4K3O5P. The maximum Gasteiger partial charge on any atom is 1.00 e. The molecule has 5 nitrogen and oxygen atoms in total. The Hall–Kier alpha value is 4.98. The zero-order valence-electron chi connectivity index (χ0n) is 6.53. The van der Waals surface area contributed by atoms with Gasteiger partial charge in [0.2, 0.25) is 0 Å². The minimum atomic E-state index is -5.39. The van der Waals surface area contributed by atoms with Crippen LogP contribution in [0.25, 0.3) is 0 Å². The van der Waals surface area contributed by atoms with Gasteiger partial charge >= 0.3 is 154 Å². The first kappa shape index (κ1) is 29.4. The topological polar surface area (TPSA) is 106 Å². The maximum atomic E-state index is 8.55. The van der Waals surface area contributed by atoms with Crippen LogP contribution in [0.3, 0.4) is 0 Å². The molecule has 0 unspecified atom stereocenters. The maximum absolute atomic E-state index is 8.55. The molecule has 0 aromatic rings. The van der Waals surface area contributed by atoms with Crippen molar-refractivity contribution >= 4 is 7.82 Å². The van der Waals surface area contributed by atoms with Gasteiger partial charge in [0, 0.05) is 7.11 Å². The first-order valence-corrected chi connectivity index (χ1v) is 2.64. The van der Waals surface area contributed by atoms with Gasteiger partial charge in [-0.25, -0.2) is 0 Å². The van der Waals surface area contributed by atoms with E-state index in [-0.39, 0.29) is 154 Å². The summed E-state index contributed by atoms with van der Waals surface area (Å²) in [6.45, 7) is 0. The van der Waals surface area contributed by atoms with E-state index in [1.807, 2.05) is 0 Å². The minimum Gasteiger partial charge on any atom is -0.822 e. The molecule has 0 aromatic heterocycles. The van der Waals surface area contributed by atoms with Crippen molar-refractivity contribution in [3.05, 3.63) is 0 Å². The quantitative estimate of drug-likeness (QED) is 0.336. The second-order valence-corrected chi connectivity index (χ2v) is 1.34. The van der Waals surface area contributed by atoms with Crippen LogP contribution in [-0.2, 0) is 4.57 Å². The molecule has 10 heavy (non-hydrogen) atoms. The van der Waals surface area contributed by atoms with E-state index < -0.39 is 7.82 Å².